The molecule has 0 spiro atoms. The third-order valence-corrected chi connectivity index (χ3v) is 6.39. The topological polar surface area (TPSA) is 0 Å². The van der Waals surface area contributed by atoms with Crippen LogP contribution in [0.2, 0.25) is 6.22 Å². The summed E-state index contributed by atoms with van der Waals surface area (Å²) in [6.07, 6.45) is 1.04. The van der Waals surface area contributed by atoms with Crippen molar-refractivity contribution in [3.05, 3.63) is 119 Å². The van der Waals surface area contributed by atoms with Gasteiger partial charge in [0.1, 0.15) is 0 Å². The van der Waals surface area contributed by atoms with Gasteiger partial charge in [-0.3, -0.25) is 0 Å². The molecule has 0 N–H and O–H groups in total. The monoisotopic (exact) mass is 400 g/mol. The van der Waals surface area contributed by atoms with Crippen LogP contribution in [0, 0.1) is 27.7 Å². The molecule has 0 saturated heterocycles. The van der Waals surface area contributed by atoms with Gasteiger partial charge in [0.05, 0.1) is 0 Å². The zero-order valence-electron chi connectivity index (χ0n) is 19.1. The van der Waals surface area contributed by atoms with E-state index in [1.54, 1.807) is 0 Å². The lowest BCUT2D eigenvalue weighted by Gasteiger charge is -2.22. The predicted molar refractivity (Wildman–Crippen MR) is 140 cm³/mol. The van der Waals surface area contributed by atoms with Gasteiger partial charge in [-0.2, -0.15) is 0 Å². The zero-order chi connectivity index (χ0) is 21.8. The van der Waals surface area contributed by atoms with E-state index in [-0.39, 0.29) is 0 Å². The smallest absolute Gasteiger partial charge is 0.0774 e. The molecule has 0 fully saturated rings. The van der Waals surface area contributed by atoms with E-state index in [1.807, 2.05) is 0 Å². The Balaban J connectivity index is 1.79. The molecule has 0 amide bonds. The Morgan fingerprint density at radius 1 is 0.355 bits per heavy atom. The molecular formula is C29H30B2. The third-order valence-electron chi connectivity index (χ3n) is 6.39. The molecule has 0 atom stereocenters. The molecule has 0 aromatic heterocycles. The molecule has 0 saturated carbocycles. The Hall–Kier alpha value is -2.99. The summed E-state index contributed by atoms with van der Waals surface area (Å²) in [5.74, 6) is 0. The molecule has 2 heteroatoms. The van der Waals surface area contributed by atoms with Gasteiger partial charge in [0.15, 0.2) is 0 Å². The summed E-state index contributed by atoms with van der Waals surface area (Å²) in [6, 6.07) is 36.4. The Labute approximate surface area is 188 Å². The molecule has 4 aromatic rings. The molecule has 152 valence electrons. The summed E-state index contributed by atoms with van der Waals surface area (Å²) in [5, 5.41) is 0. The zero-order valence-corrected chi connectivity index (χ0v) is 19.1. The predicted octanol–water partition coefficient (Wildman–Crippen LogP) is 4.38. The molecule has 0 unspecified atom stereocenters. The summed E-state index contributed by atoms with van der Waals surface area (Å²) in [4.78, 5) is 0. The summed E-state index contributed by atoms with van der Waals surface area (Å²) in [6.45, 7) is 9.32. The fourth-order valence-electron chi connectivity index (χ4n) is 4.36. The van der Waals surface area contributed by atoms with Gasteiger partial charge in [-0.1, -0.05) is 147 Å². The van der Waals surface area contributed by atoms with Gasteiger partial charge in [-0.15, -0.1) is 0 Å². The lowest BCUT2D eigenvalue weighted by molar-refractivity contribution is 1.47. The molecule has 0 heterocycles. The molecule has 0 aliphatic heterocycles. The number of hydrogen-bond donors (Lipinski definition) is 0. The average Bonchev–Trinajstić information content (AvgIpc) is 2.78. The molecule has 0 nitrogen and oxygen atoms in total. The highest BCUT2D eigenvalue weighted by atomic mass is 14.0. The number of benzene rings is 4. The molecule has 4 rings (SSSR count). The van der Waals surface area contributed by atoms with Crippen LogP contribution in [0.15, 0.2) is 97.1 Å². The lowest BCUT2D eigenvalue weighted by atomic mass is 9.21. The van der Waals surface area contributed by atoms with Gasteiger partial charge in [0.2, 0.25) is 13.4 Å². The van der Waals surface area contributed by atoms with Crippen LogP contribution in [0.3, 0.4) is 0 Å². The van der Waals surface area contributed by atoms with E-state index in [0.717, 1.165) is 6.22 Å². The molecule has 0 aliphatic carbocycles. The van der Waals surface area contributed by atoms with Gasteiger partial charge in [0.25, 0.3) is 0 Å². The van der Waals surface area contributed by atoms with Crippen molar-refractivity contribution in [2.45, 2.75) is 33.9 Å². The van der Waals surface area contributed by atoms with Gasteiger partial charge in [-0.05, 0) is 27.7 Å². The van der Waals surface area contributed by atoms with Crippen molar-refractivity contribution < 1.29 is 0 Å². The van der Waals surface area contributed by atoms with E-state index >= 15 is 0 Å². The number of hydrogen-bond acceptors (Lipinski definition) is 0. The second-order valence-corrected chi connectivity index (χ2v) is 8.98. The fraction of sp³-hybridized carbons (Fsp3) is 0.172. The van der Waals surface area contributed by atoms with Crippen LogP contribution in [-0.4, -0.2) is 13.4 Å². The molecular weight excluding hydrogens is 370 g/mol. The second kappa shape index (κ2) is 9.43. The highest BCUT2D eigenvalue weighted by molar-refractivity contribution is 7.00. The van der Waals surface area contributed by atoms with Crippen molar-refractivity contribution >= 4 is 35.3 Å². The summed E-state index contributed by atoms with van der Waals surface area (Å²) < 4.78 is 0. The molecule has 0 bridgehead atoms. The van der Waals surface area contributed by atoms with Crippen LogP contribution in [-0.2, 0) is 0 Å². The number of aryl methyl sites for hydroxylation is 4. The van der Waals surface area contributed by atoms with Crippen molar-refractivity contribution in [3.63, 3.8) is 0 Å². The summed E-state index contributed by atoms with van der Waals surface area (Å²) in [7, 11) is 0. The third kappa shape index (κ3) is 5.20. The first-order valence-electron chi connectivity index (χ1n) is 11.3. The van der Waals surface area contributed by atoms with Crippen molar-refractivity contribution in [2.24, 2.45) is 0 Å². The van der Waals surface area contributed by atoms with Crippen LogP contribution < -0.4 is 21.9 Å². The van der Waals surface area contributed by atoms with Crippen LogP contribution in [0.25, 0.3) is 0 Å². The van der Waals surface area contributed by atoms with Crippen LogP contribution in [0.1, 0.15) is 22.3 Å². The van der Waals surface area contributed by atoms with Crippen molar-refractivity contribution in [3.8, 4) is 0 Å². The average molecular weight is 400 g/mol. The minimum absolute atomic E-state index is 0.341. The molecule has 4 aromatic carbocycles. The first-order valence-corrected chi connectivity index (χ1v) is 11.3. The highest BCUT2D eigenvalue weighted by Crippen LogP contribution is 2.08. The minimum Gasteiger partial charge on any atom is -0.0774 e. The Kier molecular flexibility index (Phi) is 6.47. The van der Waals surface area contributed by atoms with E-state index in [0.29, 0.717) is 13.4 Å². The van der Waals surface area contributed by atoms with Gasteiger partial charge in [0, 0.05) is 0 Å². The van der Waals surface area contributed by atoms with Crippen LogP contribution in [0.5, 0.6) is 0 Å². The maximum atomic E-state index is 2.31. The standard InChI is InChI=1S/C29H30B2/c1-22-5-13-26(14-6-22)30(27-15-7-23(2)8-16-27)21-31(28-17-9-24(3)10-18-28)29-19-11-25(4)12-20-29/h5-20H,21H2,1-4H3. The maximum absolute atomic E-state index is 2.31. The fourth-order valence-corrected chi connectivity index (χ4v) is 4.36. The van der Waals surface area contributed by atoms with E-state index in [1.165, 1.54) is 44.1 Å². The Morgan fingerprint density at radius 2 is 0.548 bits per heavy atom. The van der Waals surface area contributed by atoms with Crippen LogP contribution >= 0.6 is 0 Å². The Morgan fingerprint density at radius 3 is 0.742 bits per heavy atom. The van der Waals surface area contributed by atoms with Gasteiger partial charge >= 0.3 is 0 Å². The highest BCUT2D eigenvalue weighted by Gasteiger charge is 2.28. The molecule has 31 heavy (non-hydrogen) atoms. The lowest BCUT2D eigenvalue weighted by Crippen LogP contribution is -2.52. The minimum atomic E-state index is 0.341. The second-order valence-electron chi connectivity index (χ2n) is 8.98. The first-order chi connectivity index (χ1) is 15.0. The van der Waals surface area contributed by atoms with E-state index in [2.05, 4.69) is 125 Å². The Bertz CT molecular complexity index is 925. The van der Waals surface area contributed by atoms with Crippen molar-refractivity contribution in [1.29, 1.82) is 0 Å². The van der Waals surface area contributed by atoms with Crippen molar-refractivity contribution in [2.75, 3.05) is 0 Å². The van der Waals surface area contributed by atoms with Crippen LogP contribution in [0.4, 0.5) is 0 Å². The first kappa shape index (κ1) is 21.2. The van der Waals surface area contributed by atoms with Gasteiger partial charge in [-0.25, -0.2) is 0 Å². The van der Waals surface area contributed by atoms with E-state index in [9.17, 15) is 0 Å². The molecule has 0 radical (unpaired) electrons. The van der Waals surface area contributed by atoms with E-state index in [4.69, 9.17) is 0 Å². The SMILES string of the molecule is Cc1ccc(B(CB(c2ccc(C)cc2)c2ccc(C)cc2)c2ccc(C)cc2)cc1. The summed E-state index contributed by atoms with van der Waals surface area (Å²) in [5.41, 5.74) is 10.8. The largest absolute Gasteiger partial charge is 0.202 e. The normalized spacial score (nSPS) is 10.7. The van der Waals surface area contributed by atoms with Crippen molar-refractivity contribution in [1.82, 2.24) is 0 Å². The molecule has 0 aliphatic rings. The number of rotatable bonds is 6. The summed E-state index contributed by atoms with van der Waals surface area (Å²) >= 11 is 0. The maximum Gasteiger partial charge on any atom is 0.202 e. The van der Waals surface area contributed by atoms with E-state index < -0.39 is 0 Å². The van der Waals surface area contributed by atoms with Gasteiger partial charge < -0.3 is 0 Å². The quantitative estimate of drug-likeness (QED) is 0.422.